The Kier molecular flexibility index (Phi) is 6.58. The summed E-state index contributed by atoms with van der Waals surface area (Å²) in [5.74, 6) is -0.126. The van der Waals surface area contributed by atoms with Gasteiger partial charge in [-0.05, 0) is 73.0 Å². The van der Waals surface area contributed by atoms with Crippen molar-refractivity contribution in [3.63, 3.8) is 0 Å². The molecule has 1 amide bonds. The van der Waals surface area contributed by atoms with E-state index in [0.29, 0.717) is 23.9 Å². The maximum absolute atomic E-state index is 12.6. The number of aryl methyl sites for hydroxylation is 2. The second kappa shape index (κ2) is 9.39. The third kappa shape index (κ3) is 4.84. The third-order valence-electron chi connectivity index (χ3n) is 5.19. The average Bonchev–Trinajstić information content (AvgIpc) is 3.45. The number of anilines is 1. The van der Waals surface area contributed by atoms with Crippen LogP contribution in [0.15, 0.2) is 52.5 Å². The number of benzene rings is 2. The lowest BCUT2D eigenvalue weighted by Crippen LogP contribution is -2.27. The molecule has 1 N–H and O–H groups in total. The standard InChI is InChI=1S/C21H24N6O3S2/c1-15-5-10-19(16(2)13-15)27-21(23-24-25-27)31-14-20(28)22-17-6-8-18(9-7-17)32(29,30)26-11-3-4-12-26/h5-10,13H,3-4,11-12,14H2,1-2H3,(H,22,28). The second-order valence-electron chi connectivity index (χ2n) is 7.64. The second-order valence-corrected chi connectivity index (χ2v) is 10.5. The van der Waals surface area contributed by atoms with Gasteiger partial charge in [0.15, 0.2) is 0 Å². The van der Waals surface area contributed by atoms with Crippen LogP contribution < -0.4 is 5.32 Å². The smallest absolute Gasteiger partial charge is 0.243 e. The summed E-state index contributed by atoms with van der Waals surface area (Å²) in [4.78, 5) is 12.7. The number of nitrogens with one attached hydrogen (secondary N) is 1. The summed E-state index contributed by atoms with van der Waals surface area (Å²) in [5.41, 5.74) is 3.57. The van der Waals surface area contributed by atoms with E-state index in [1.165, 1.54) is 28.2 Å². The van der Waals surface area contributed by atoms with Crippen molar-refractivity contribution in [2.24, 2.45) is 0 Å². The van der Waals surface area contributed by atoms with Crippen LogP contribution in [0, 0.1) is 13.8 Å². The summed E-state index contributed by atoms with van der Waals surface area (Å²) < 4.78 is 28.3. The summed E-state index contributed by atoms with van der Waals surface area (Å²) in [6, 6.07) is 12.2. The van der Waals surface area contributed by atoms with Gasteiger partial charge in [0.2, 0.25) is 21.1 Å². The molecular weight excluding hydrogens is 448 g/mol. The average molecular weight is 473 g/mol. The molecule has 0 unspecified atom stereocenters. The molecule has 1 aliphatic rings. The van der Waals surface area contributed by atoms with Crippen molar-refractivity contribution in [3.8, 4) is 5.69 Å². The van der Waals surface area contributed by atoms with Gasteiger partial charge in [-0.15, -0.1) is 5.10 Å². The maximum atomic E-state index is 12.6. The number of hydrogen-bond acceptors (Lipinski definition) is 7. The monoisotopic (exact) mass is 472 g/mol. The van der Waals surface area contributed by atoms with Gasteiger partial charge in [-0.2, -0.15) is 8.99 Å². The molecule has 1 saturated heterocycles. The van der Waals surface area contributed by atoms with E-state index in [0.717, 1.165) is 29.7 Å². The third-order valence-corrected chi connectivity index (χ3v) is 8.03. The van der Waals surface area contributed by atoms with Crippen molar-refractivity contribution < 1.29 is 13.2 Å². The van der Waals surface area contributed by atoms with E-state index in [2.05, 4.69) is 20.8 Å². The Bertz CT molecular complexity index is 1220. The number of carbonyl (C=O) groups excluding carboxylic acids is 1. The zero-order chi connectivity index (χ0) is 22.7. The van der Waals surface area contributed by atoms with E-state index < -0.39 is 10.0 Å². The predicted octanol–water partition coefficient (Wildman–Crippen LogP) is 2.79. The molecule has 0 spiro atoms. The first-order valence-electron chi connectivity index (χ1n) is 10.2. The van der Waals surface area contributed by atoms with Crippen LogP contribution in [0.25, 0.3) is 5.69 Å². The molecule has 0 radical (unpaired) electrons. The normalized spacial score (nSPS) is 14.6. The van der Waals surface area contributed by atoms with Gasteiger partial charge in [-0.25, -0.2) is 8.42 Å². The van der Waals surface area contributed by atoms with Crippen molar-refractivity contribution in [3.05, 3.63) is 53.6 Å². The number of rotatable bonds is 7. The molecule has 0 aliphatic carbocycles. The minimum absolute atomic E-state index is 0.110. The molecule has 1 aromatic heterocycles. The van der Waals surface area contributed by atoms with Crippen molar-refractivity contribution in [2.45, 2.75) is 36.7 Å². The van der Waals surface area contributed by atoms with Crippen LogP contribution >= 0.6 is 11.8 Å². The van der Waals surface area contributed by atoms with Gasteiger partial charge in [0.25, 0.3) is 0 Å². The first-order valence-corrected chi connectivity index (χ1v) is 12.7. The van der Waals surface area contributed by atoms with Gasteiger partial charge in [0.1, 0.15) is 0 Å². The van der Waals surface area contributed by atoms with Gasteiger partial charge < -0.3 is 5.32 Å². The van der Waals surface area contributed by atoms with Crippen LogP contribution in [0.3, 0.4) is 0 Å². The number of nitrogens with zero attached hydrogens (tertiary/aromatic N) is 5. The lowest BCUT2D eigenvalue weighted by atomic mass is 10.1. The fourth-order valence-corrected chi connectivity index (χ4v) is 5.78. The maximum Gasteiger partial charge on any atom is 0.243 e. The Hall–Kier alpha value is -2.76. The molecule has 0 saturated carbocycles. The summed E-state index contributed by atoms with van der Waals surface area (Å²) in [7, 11) is -3.47. The van der Waals surface area contributed by atoms with Crippen molar-refractivity contribution in [1.29, 1.82) is 0 Å². The Morgan fingerprint density at radius 2 is 1.81 bits per heavy atom. The van der Waals surface area contributed by atoms with Gasteiger partial charge in [0.05, 0.1) is 16.3 Å². The minimum atomic E-state index is -3.47. The number of sulfonamides is 1. The predicted molar refractivity (Wildman–Crippen MR) is 122 cm³/mol. The number of amides is 1. The highest BCUT2D eigenvalue weighted by Gasteiger charge is 2.27. The van der Waals surface area contributed by atoms with E-state index in [1.54, 1.807) is 16.8 Å². The summed E-state index contributed by atoms with van der Waals surface area (Å²) in [5, 5.41) is 15.1. The first-order chi connectivity index (χ1) is 15.3. The lowest BCUT2D eigenvalue weighted by Gasteiger charge is -2.15. The fourth-order valence-electron chi connectivity index (χ4n) is 3.58. The molecule has 11 heteroatoms. The number of thioether (sulfide) groups is 1. The van der Waals surface area contributed by atoms with E-state index in [4.69, 9.17) is 0 Å². The molecule has 0 bridgehead atoms. The molecule has 3 aromatic rings. The Labute approximate surface area is 191 Å². The molecule has 0 atom stereocenters. The van der Waals surface area contributed by atoms with E-state index in [1.807, 2.05) is 32.0 Å². The molecule has 9 nitrogen and oxygen atoms in total. The number of carbonyl (C=O) groups is 1. The van der Waals surface area contributed by atoms with E-state index in [9.17, 15) is 13.2 Å². The van der Waals surface area contributed by atoms with Gasteiger partial charge >= 0.3 is 0 Å². The highest BCUT2D eigenvalue weighted by molar-refractivity contribution is 7.99. The Morgan fingerprint density at radius 3 is 2.50 bits per heavy atom. The van der Waals surface area contributed by atoms with Gasteiger partial charge in [-0.3, -0.25) is 4.79 Å². The van der Waals surface area contributed by atoms with Crippen LogP contribution in [0.4, 0.5) is 5.69 Å². The van der Waals surface area contributed by atoms with E-state index in [-0.39, 0.29) is 16.6 Å². The summed E-state index contributed by atoms with van der Waals surface area (Å²) in [6.45, 7) is 5.11. The van der Waals surface area contributed by atoms with Crippen LogP contribution in [-0.4, -0.2) is 57.7 Å². The topological polar surface area (TPSA) is 110 Å². The fraction of sp³-hybridized carbons (Fsp3) is 0.333. The highest BCUT2D eigenvalue weighted by Crippen LogP contribution is 2.24. The van der Waals surface area contributed by atoms with Crippen molar-refractivity contribution >= 4 is 33.4 Å². The van der Waals surface area contributed by atoms with Gasteiger partial charge in [0, 0.05) is 18.8 Å². The zero-order valence-corrected chi connectivity index (χ0v) is 19.5. The molecule has 2 aromatic carbocycles. The summed E-state index contributed by atoms with van der Waals surface area (Å²) >= 11 is 1.23. The molecular formula is C21H24N6O3S2. The molecule has 4 rings (SSSR count). The Balaban J connectivity index is 1.38. The number of aromatic nitrogens is 4. The van der Waals surface area contributed by atoms with Crippen LogP contribution in [0.2, 0.25) is 0 Å². The highest BCUT2D eigenvalue weighted by atomic mass is 32.2. The largest absolute Gasteiger partial charge is 0.325 e. The van der Waals surface area contributed by atoms with Crippen LogP contribution in [0.5, 0.6) is 0 Å². The van der Waals surface area contributed by atoms with Crippen LogP contribution in [-0.2, 0) is 14.8 Å². The van der Waals surface area contributed by atoms with Gasteiger partial charge in [-0.1, -0.05) is 29.5 Å². The quantitative estimate of drug-likeness (QED) is 0.527. The molecule has 32 heavy (non-hydrogen) atoms. The molecule has 1 aliphatic heterocycles. The van der Waals surface area contributed by atoms with Crippen molar-refractivity contribution in [1.82, 2.24) is 24.5 Å². The summed E-state index contributed by atoms with van der Waals surface area (Å²) in [6.07, 6.45) is 1.77. The van der Waals surface area contributed by atoms with Crippen LogP contribution in [0.1, 0.15) is 24.0 Å². The first kappa shape index (κ1) is 22.4. The lowest BCUT2D eigenvalue weighted by molar-refractivity contribution is -0.113. The SMILES string of the molecule is Cc1ccc(-n2nnnc2SCC(=O)Nc2ccc(S(=O)(=O)N3CCCC3)cc2)c(C)c1. The minimum Gasteiger partial charge on any atom is -0.325 e. The number of hydrogen-bond donors (Lipinski definition) is 1. The molecule has 1 fully saturated rings. The number of tetrazole rings is 1. The molecule has 2 heterocycles. The van der Waals surface area contributed by atoms with Crippen molar-refractivity contribution in [2.75, 3.05) is 24.2 Å². The molecule has 168 valence electrons. The zero-order valence-electron chi connectivity index (χ0n) is 17.9. The Morgan fingerprint density at radius 1 is 1.09 bits per heavy atom. The van der Waals surface area contributed by atoms with E-state index >= 15 is 0 Å².